The molecule has 0 saturated heterocycles. The van der Waals surface area contributed by atoms with Crippen LogP contribution in [0.3, 0.4) is 0 Å². The van der Waals surface area contributed by atoms with Crippen LogP contribution in [-0.4, -0.2) is 26.9 Å². The molecular weight excluding hydrogens is 520 g/mol. The van der Waals surface area contributed by atoms with E-state index in [4.69, 9.17) is 16.3 Å². The monoisotopic (exact) mass is 546 g/mol. The van der Waals surface area contributed by atoms with Crippen LogP contribution in [-0.2, 0) is 27.6 Å². The van der Waals surface area contributed by atoms with E-state index < -0.39 is 21.9 Å². The Kier molecular flexibility index (Phi) is 7.73. The fraction of sp³-hybridized carbons (Fsp3) is 0.308. The van der Waals surface area contributed by atoms with Crippen molar-refractivity contribution in [1.82, 2.24) is 0 Å². The average Bonchev–Trinajstić information content (AvgIpc) is 3.19. The third-order valence-corrected chi connectivity index (χ3v) is 9.19. The average molecular weight is 547 g/mol. The molecule has 1 aliphatic carbocycles. The lowest BCUT2D eigenvalue weighted by Gasteiger charge is -2.13. The van der Waals surface area contributed by atoms with E-state index in [0.717, 1.165) is 47.3 Å². The molecule has 0 saturated carbocycles. The molecule has 0 unspecified atom stereocenters. The summed E-state index contributed by atoms with van der Waals surface area (Å²) < 4.78 is 34.0. The number of carbonyl (C=O) groups is 2. The molecule has 190 valence electrons. The second kappa shape index (κ2) is 10.6. The number of benzene rings is 2. The number of amides is 1. The standard InChI is InChI=1S/C26H27ClN2O5S2/c1-4-34-26(31)23-19-7-5-6-8-21(19)35-25(23)28-24(30)17-10-12-20(27)22(14-17)36(32,33)29-18-11-9-15(2)16(3)13-18/h9-14,29H,4-8H2,1-3H3,(H,28,30). The van der Waals surface area contributed by atoms with Crippen molar-refractivity contribution < 1.29 is 22.7 Å². The van der Waals surface area contributed by atoms with Crippen LogP contribution in [0.1, 0.15) is 62.0 Å². The van der Waals surface area contributed by atoms with E-state index in [1.54, 1.807) is 19.1 Å². The van der Waals surface area contributed by atoms with Crippen molar-refractivity contribution in [3.8, 4) is 0 Å². The Morgan fingerprint density at radius 2 is 1.81 bits per heavy atom. The van der Waals surface area contributed by atoms with Crippen molar-refractivity contribution in [2.75, 3.05) is 16.6 Å². The molecule has 1 heterocycles. The summed E-state index contributed by atoms with van der Waals surface area (Å²) in [5, 5.41) is 3.21. The van der Waals surface area contributed by atoms with E-state index in [0.29, 0.717) is 16.3 Å². The van der Waals surface area contributed by atoms with Gasteiger partial charge in [0.15, 0.2) is 0 Å². The van der Waals surface area contributed by atoms with Gasteiger partial charge in [0, 0.05) is 16.1 Å². The molecule has 4 rings (SSSR count). The van der Waals surface area contributed by atoms with Crippen LogP contribution >= 0.6 is 22.9 Å². The predicted molar refractivity (Wildman–Crippen MR) is 143 cm³/mol. The lowest BCUT2D eigenvalue weighted by molar-refractivity contribution is 0.0526. The molecule has 0 radical (unpaired) electrons. The maximum atomic E-state index is 13.2. The van der Waals surface area contributed by atoms with E-state index in [1.165, 1.54) is 29.5 Å². The van der Waals surface area contributed by atoms with Crippen LogP contribution in [0, 0.1) is 13.8 Å². The van der Waals surface area contributed by atoms with Crippen molar-refractivity contribution in [2.24, 2.45) is 0 Å². The lowest BCUT2D eigenvalue weighted by Crippen LogP contribution is -2.18. The van der Waals surface area contributed by atoms with Crippen LogP contribution in [0.2, 0.25) is 5.02 Å². The van der Waals surface area contributed by atoms with Crippen LogP contribution in [0.5, 0.6) is 0 Å². The van der Waals surface area contributed by atoms with Gasteiger partial charge in [-0.25, -0.2) is 13.2 Å². The van der Waals surface area contributed by atoms with Gasteiger partial charge in [0.25, 0.3) is 15.9 Å². The maximum Gasteiger partial charge on any atom is 0.341 e. The second-order valence-corrected chi connectivity index (χ2v) is 11.8. The van der Waals surface area contributed by atoms with Gasteiger partial charge in [-0.3, -0.25) is 9.52 Å². The number of carbonyl (C=O) groups excluding carboxylic acids is 2. The highest BCUT2D eigenvalue weighted by Crippen LogP contribution is 2.39. The van der Waals surface area contributed by atoms with Crippen molar-refractivity contribution in [3.63, 3.8) is 0 Å². The van der Waals surface area contributed by atoms with Crippen LogP contribution in [0.4, 0.5) is 10.7 Å². The van der Waals surface area contributed by atoms with Gasteiger partial charge in [-0.1, -0.05) is 17.7 Å². The highest BCUT2D eigenvalue weighted by molar-refractivity contribution is 7.92. The molecule has 0 aliphatic heterocycles. The quantitative estimate of drug-likeness (QED) is 0.347. The van der Waals surface area contributed by atoms with Gasteiger partial charge in [-0.2, -0.15) is 0 Å². The number of aryl methyl sites for hydroxylation is 3. The molecular formula is C26H27ClN2O5S2. The van der Waals surface area contributed by atoms with Gasteiger partial charge in [0.2, 0.25) is 0 Å². The molecule has 7 nitrogen and oxygen atoms in total. The summed E-state index contributed by atoms with van der Waals surface area (Å²) in [5.74, 6) is -1.01. The summed E-state index contributed by atoms with van der Waals surface area (Å²) in [7, 11) is -4.07. The first-order chi connectivity index (χ1) is 17.1. The highest BCUT2D eigenvalue weighted by Gasteiger charge is 2.28. The molecule has 0 fully saturated rings. The fourth-order valence-corrected chi connectivity index (χ4v) is 6.96. The number of ether oxygens (including phenoxy) is 1. The molecule has 2 aromatic carbocycles. The van der Waals surface area contributed by atoms with Gasteiger partial charge < -0.3 is 10.1 Å². The lowest BCUT2D eigenvalue weighted by atomic mass is 9.95. The van der Waals surface area contributed by atoms with Crippen LogP contribution in [0.25, 0.3) is 0 Å². The Hall–Kier alpha value is -2.88. The highest BCUT2D eigenvalue weighted by atomic mass is 35.5. The van der Waals surface area contributed by atoms with Gasteiger partial charge in [-0.05, 0) is 93.5 Å². The Morgan fingerprint density at radius 3 is 2.53 bits per heavy atom. The Labute approximate surface area is 219 Å². The van der Waals surface area contributed by atoms with E-state index >= 15 is 0 Å². The van der Waals surface area contributed by atoms with E-state index in [-0.39, 0.29) is 22.1 Å². The first kappa shape index (κ1) is 26.2. The zero-order valence-electron chi connectivity index (χ0n) is 20.2. The summed E-state index contributed by atoms with van der Waals surface area (Å²) in [6, 6.07) is 9.27. The molecule has 3 aromatic rings. The first-order valence-corrected chi connectivity index (χ1v) is 14.3. The number of fused-ring (bicyclic) bond motifs is 1. The number of anilines is 2. The van der Waals surface area contributed by atoms with Crippen LogP contribution < -0.4 is 10.0 Å². The molecule has 1 aliphatic rings. The van der Waals surface area contributed by atoms with Gasteiger partial charge in [0.05, 0.1) is 17.2 Å². The molecule has 1 amide bonds. The minimum Gasteiger partial charge on any atom is -0.462 e. The third kappa shape index (κ3) is 5.43. The van der Waals surface area contributed by atoms with Crippen molar-refractivity contribution in [3.05, 3.63) is 74.1 Å². The van der Waals surface area contributed by atoms with Gasteiger partial charge in [-0.15, -0.1) is 11.3 Å². The number of hydrogen-bond donors (Lipinski definition) is 2. The number of nitrogens with one attached hydrogen (secondary N) is 2. The maximum absolute atomic E-state index is 13.2. The van der Waals surface area contributed by atoms with Gasteiger partial charge in [0.1, 0.15) is 9.90 Å². The number of thiophene rings is 1. The minimum atomic E-state index is -4.07. The summed E-state index contributed by atoms with van der Waals surface area (Å²) >= 11 is 7.60. The first-order valence-electron chi connectivity index (χ1n) is 11.6. The Balaban J connectivity index is 1.63. The molecule has 1 aromatic heterocycles. The normalized spacial score (nSPS) is 13.1. The zero-order chi connectivity index (χ0) is 26.0. The predicted octanol–water partition coefficient (Wildman–Crippen LogP) is 6.13. The van der Waals surface area contributed by atoms with Gasteiger partial charge >= 0.3 is 5.97 Å². The number of halogens is 1. The zero-order valence-corrected chi connectivity index (χ0v) is 22.6. The summed E-state index contributed by atoms with van der Waals surface area (Å²) in [5.41, 5.74) is 3.78. The molecule has 10 heteroatoms. The largest absolute Gasteiger partial charge is 0.462 e. The molecule has 0 spiro atoms. The van der Waals surface area contributed by atoms with Crippen molar-refractivity contribution in [1.29, 1.82) is 0 Å². The minimum absolute atomic E-state index is 0.0123. The summed E-state index contributed by atoms with van der Waals surface area (Å²) in [4.78, 5) is 26.7. The van der Waals surface area contributed by atoms with E-state index in [1.807, 2.05) is 19.9 Å². The SMILES string of the molecule is CCOC(=O)c1c(NC(=O)c2ccc(Cl)c(S(=O)(=O)Nc3ccc(C)c(C)c3)c2)sc2c1CCCC2. The third-order valence-electron chi connectivity index (χ3n) is 6.12. The number of hydrogen-bond acceptors (Lipinski definition) is 6. The Morgan fingerprint density at radius 1 is 1.06 bits per heavy atom. The van der Waals surface area contributed by atoms with Crippen molar-refractivity contribution >= 4 is 55.5 Å². The smallest absolute Gasteiger partial charge is 0.341 e. The van der Waals surface area contributed by atoms with E-state index in [9.17, 15) is 18.0 Å². The number of sulfonamides is 1. The topological polar surface area (TPSA) is 102 Å². The van der Waals surface area contributed by atoms with E-state index in [2.05, 4.69) is 10.0 Å². The van der Waals surface area contributed by atoms with Crippen LogP contribution in [0.15, 0.2) is 41.3 Å². The number of rotatable bonds is 7. The molecule has 0 atom stereocenters. The number of esters is 1. The van der Waals surface area contributed by atoms with Crippen molar-refractivity contribution in [2.45, 2.75) is 51.3 Å². The molecule has 2 N–H and O–H groups in total. The summed E-state index contributed by atoms with van der Waals surface area (Å²) in [6.07, 6.45) is 3.59. The Bertz CT molecular complexity index is 1450. The molecule has 0 bridgehead atoms. The fourth-order valence-electron chi connectivity index (χ4n) is 4.11. The summed E-state index contributed by atoms with van der Waals surface area (Å²) in [6.45, 7) is 5.78. The second-order valence-electron chi connectivity index (χ2n) is 8.64. The molecule has 36 heavy (non-hydrogen) atoms.